The number of aryl methyl sites for hydroxylation is 1. The molecule has 1 aliphatic heterocycles. The second-order valence-corrected chi connectivity index (χ2v) is 5.66. The third kappa shape index (κ3) is 2.28. The molecule has 118 valence electrons. The molecule has 0 aliphatic carbocycles. The van der Waals surface area contributed by atoms with Gasteiger partial charge in [-0.05, 0) is 31.2 Å². The Morgan fingerprint density at radius 1 is 1.04 bits per heavy atom. The maximum Gasteiger partial charge on any atom is 0.261 e. The number of hydrogen-bond acceptors (Lipinski definition) is 4. The first-order valence-corrected chi connectivity index (χ1v) is 7.56. The van der Waals surface area contributed by atoms with E-state index in [2.05, 4.69) is 15.0 Å². The smallest absolute Gasteiger partial charge is 0.261 e. The summed E-state index contributed by atoms with van der Waals surface area (Å²) in [5, 5.41) is 0. The standard InChI is InChI=1S/C18H14N4O2/c1-11-6-7-12(8-19-11)15-9-20-16(21-15)10-22-17(23)13-4-2-3-5-14(13)18(22)24/h2-9H,10H2,1H3,(H,20,21). The lowest BCUT2D eigenvalue weighted by atomic mass is 10.1. The molecule has 1 aliphatic rings. The number of aromatic nitrogens is 3. The van der Waals surface area contributed by atoms with Crippen LogP contribution in [0.3, 0.4) is 0 Å². The van der Waals surface area contributed by atoms with Crippen molar-refractivity contribution in [3.05, 3.63) is 71.4 Å². The van der Waals surface area contributed by atoms with Crippen molar-refractivity contribution >= 4 is 11.8 Å². The van der Waals surface area contributed by atoms with Gasteiger partial charge in [0.2, 0.25) is 0 Å². The van der Waals surface area contributed by atoms with Crippen molar-refractivity contribution in [3.63, 3.8) is 0 Å². The molecular formula is C18H14N4O2. The second-order valence-electron chi connectivity index (χ2n) is 5.66. The van der Waals surface area contributed by atoms with Gasteiger partial charge in [0.15, 0.2) is 0 Å². The summed E-state index contributed by atoms with van der Waals surface area (Å²) in [5.41, 5.74) is 3.43. The van der Waals surface area contributed by atoms with Gasteiger partial charge in [0, 0.05) is 23.7 Å². The number of rotatable bonds is 3. The molecule has 0 radical (unpaired) electrons. The highest BCUT2D eigenvalue weighted by molar-refractivity contribution is 6.21. The van der Waals surface area contributed by atoms with E-state index in [1.54, 1.807) is 36.7 Å². The predicted octanol–water partition coefficient (Wildman–Crippen LogP) is 2.58. The van der Waals surface area contributed by atoms with Gasteiger partial charge in [-0.25, -0.2) is 4.98 Å². The number of carbonyl (C=O) groups is 2. The summed E-state index contributed by atoms with van der Waals surface area (Å²) in [6.07, 6.45) is 3.50. The van der Waals surface area contributed by atoms with Crippen LogP contribution in [0.4, 0.5) is 0 Å². The highest BCUT2D eigenvalue weighted by Crippen LogP contribution is 2.24. The molecule has 0 saturated heterocycles. The molecule has 6 heteroatoms. The average molecular weight is 318 g/mol. The third-order valence-electron chi connectivity index (χ3n) is 4.02. The molecule has 0 atom stereocenters. The summed E-state index contributed by atoms with van der Waals surface area (Å²) in [6.45, 7) is 2.04. The van der Waals surface area contributed by atoms with Crippen molar-refractivity contribution in [2.45, 2.75) is 13.5 Å². The fourth-order valence-electron chi connectivity index (χ4n) is 2.74. The number of hydrogen-bond donors (Lipinski definition) is 1. The van der Waals surface area contributed by atoms with Gasteiger partial charge in [-0.3, -0.25) is 19.5 Å². The van der Waals surface area contributed by atoms with Gasteiger partial charge in [0.05, 0.1) is 23.4 Å². The number of imidazole rings is 1. The van der Waals surface area contributed by atoms with Crippen LogP contribution in [-0.2, 0) is 6.54 Å². The van der Waals surface area contributed by atoms with Crippen LogP contribution in [0.2, 0.25) is 0 Å². The first kappa shape index (κ1) is 14.3. The van der Waals surface area contributed by atoms with Crippen LogP contribution in [0.25, 0.3) is 11.3 Å². The van der Waals surface area contributed by atoms with E-state index in [9.17, 15) is 9.59 Å². The van der Waals surface area contributed by atoms with Crippen molar-refractivity contribution in [1.82, 2.24) is 19.9 Å². The quantitative estimate of drug-likeness (QED) is 0.753. The summed E-state index contributed by atoms with van der Waals surface area (Å²) in [6, 6.07) is 10.7. The molecule has 0 unspecified atom stereocenters. The Hall–Kier alpha value is -3.28. The number of nitrogens with one attached hydrogen (secondary N) is 1. The summed E-state index contributed by atoms with van der Waals surface area (Å²) < 4.78 is 0. The van der Waals surface area contributed by atoms with E-state index in [1.165, 1.54) is 4.90 Å². The first-order chi connectivity index (χ1) is 11.6. The topological polar surface area (TPSA) is 79.0 Å². The maximum atomic E-state index is 12.4. The number of imide groups is 1. The molecular weight excluding hydrogens is 304 g/mol. The predicted molar refractivity (Wildman–Crippen MR) is 87.2 cm³/mol. The van der Waals surface area contributed by atoms with Crippen LogP contribution >= 0.6 is 0 Å². The summed E-state index contributed by atoms with van der Waals surface area (Å²) in [4.78, 5) is 37.7. The summed E-state index contributed by atoms with van der Waals surface area (Å²) in [7, 11) is 0. The SMILES string of the molecule is Cc1ccc(-c2c[nH]c(CN3C(=O)c4ccccc4C3=O)n2)cn1. The molecule has 0 bridgehead atoms. The van der Waals surface area contributed by atoms with Crippen LogP contribution in [0.5, 0.6) is 0 Å². The lowest BCUT2D eigenvalue weighted by Gasteiger charge is -2.11. The van der Waals surface area contributed by atoms with E-state index in [-0.39, 0.29) is 18.4 Å². The number of benzene rings is 1. The minimum absolute atomic E-state index is 0.117. The van der Waals surface area contributed by atoms with Gasteiger partial charge in [-0.2, -0.15) is 0 Å². The minimum Gasteiger partial charge on any atom is -0.346 e. The van der Waals surface area contributed by atoms with Gasteiger partial charge in [0.1, 0.15) is 5.82 Å². The number of carbonyl (C=O) groups excluding carboxylic acids is 2. The normalized spacial score (nSPS) is 13.5. The van der Waals surface area contributed by atoms with Crippen LogP contribution in [0.1, 0.15) is 32.2 Å². The lowest BCUT2D eigenvalue weighted by molar-refractivity contribution is 0.0638. The molecule has 0 saturated carbocycles. The molecule has 0 spiro atoms. The van der Waals surface area contributed by atoms with E-state index in [1.807, 2.05) is 19.1 Å². The van der Waals surface area contributed by atoms with Gasteiger partial charge in [-0.1, -0.05) is 12.1 Å². The molecule has 6 nitrogen and oxygen atoms in total. The Morgan fingerprint density at radius 3 is 2.38 bits per heavy atom. The molecule has 1 N–H and O–H groups in total. The number of pyridine rings is 1. The number of amides is 2. The first-order valence-electron chi connectivity index (χ1n) is 7.56. The molecule has 24 heavy (non-hydrogen) atoms. The zero-order valence-corrected chi connectivity index (χ0v) is 13.0. The number of H-pyrrole nitrogens is 1. The molecule has 3 aromatic rings. The average Bonchev–Trinajstić information content (AvgIpc) is 3.16. The molecule has 4 rings (SSSR count). The van der Waals surface area contributed by atoms with E-state index in [0.717, 1.165) is 17.0 Å². The van der Waals surface area contributed by atoms with Crippen LogP contribution in [0.15, 0.2) is 48.8 Å². The summed E-state index contributed by atoms with van der Waals surface area (Å²) >= 11 is 0. The van der Waals surface area contributed by atoms with Crippen molar-refractivity contribution in [2.75, 3.05) is 0 Å². The highest BCUT2D eigenvalue weighted by Gasteiger charge is 2.35. The third-order valence-corrected chi connectivity index (χ3v) is 4.02. The fourth-order valence-corrected chi connectivity index (χ4v) is 2.74. The minimum atomic E-state index is -0.287. The zero-order chi connectivity index (χ0) is 16.7. The summed E-state index contributed by atoms with van der Waals surface area (Å²) in [5.74, 6) is -0.0174. The number of nitrogens with zero attached hydrogens (tertiary/aromatic N) is 3. The molecule has 3 heterocycles. The van der Waals surface area contributed by atoms with Crippen molar-refractivity contribution in [3.8, 4) is 11.3 Å². The van der Waals surface area contributed by atoms with Crippen molar-refractivity contribution in [1.29, 1.82) is 0 Å². The van der Waals surface area contributed by atoms with Crippen LogP contribution < -0.4 is 0 Å². The Bertz CT molecular complexity index is 909. The van der Waals surface area contributed by atoms with Crippen molar-refractivity contribution < 1.29 is 9.59 Å². The van der Waals surface area contributed by atoms with E-state index in [4.69, 9.17) is 0 Å². The largest absolute Gasteiger partial charge is 0.346 e. The van der Waals surface area contributed by atoms with Crippen LogP contribution in [0, 0.1) is 6.92 Å². The monoisotopic (exact) mass is 318 g/mol. The van der Waals surface area contributed by atoms with Gasteiger partial charge in [-0.15, -0.1) is 0 Å². The van der Waals surface area contributed by atoms with Gasteiger partial charge in [0.25, 0.3) is 11.8 Å². The molecule has 0 fully saturated rings. The van der Waals surface area contributed by atoms with E-state index < -0.39 is 0 Å². The zero-order valence-electron chi connectivity index (χ0n) is 13.0. The Kier molecular flexibility index (Phi) is 3.23. The maximum absolute atomic E-state index is 12.4. The van der Waals surface area contributed by atoms with Crippen molar-refractivity contribution in [2.24, 2.45) is 0 Å². The van der Waals surface area contributed by atoms with E-state index in [0.29, 0.717) is 17.0 Å². The molecule has 2 aromatic heterocycles. The fraction of sp³-hybridized carbons (Fsp3) is 0.111. The van der Waals surface area contributed by atoms with Crippen LogP contribution in [-0.4, -0.2) is 31.7 Å². The molecule has 1 aromatic carbocycles. The second kappa shape index (κ2) is 5.42. The highest BCUT2D eigenvalue weighted by atomic mass is 16.2. The van der Waals surface area contributed by atoms with Gasteiger partial charge >= 0.3 is 0 Å². The number of fused-ring (bicyclic) bond motifs is 1. The molecule has 2 amide bonds. The van der Waals surface area contributed by atoms with E-state index >= 15 is 0 Å². The Balaban J connectivity index is 1.58. The number of aromatic amines is 1. The Morgan fingerprint density at radius 2 is 1.75 bits per heavy atom. The Labute approximate surface area is 138 Å². The van der Waals surface area contributed by atoms with Gasteiger partial charge < -0.3 is 4.98 Å². The lowest BCUT2D eigenvalue weighted by Crippen LogP contribution is -2.29.